The Balaban J connectivity index is 1.61. The van der Waals surface area contributed by atoms with Crippen LogP contribution in [0.25, 0.3) is 11.0 Å². The third-order valence-corrected chi connectivity index (χ3v) is 4.81. The standard InChI is InChI=1S/C21H17ClN4O3/c22-15-8-6-13(7-9-15)10-23-20(28)17-18(27)16-11-24-26(19(16)25-21(17)29)12-14-4-2-1-3-5-14/h1-9,11H,10,12H2,(H,23,28)(H2,25,27,29). The summed E-state index contributed by atoms with van der Waals surface area (Å²) in [6.45, 7) is 0.613. The summed E-state index contributed by atoms with van der Waals surface area (Å²) in [6.07, 6.45) is 1.43. The Morgan fingerprint density at radius 3 is 2.55 bits per heavy atom. The van der Waals surface area contributed by atoms with Crippen molar-refractivity contribution in [3.05, 3.63) is 92.9 Å². The first kappa shape index (κ1) is 18.8. The minimum atomic E-state index is -0.682. The Morgan fingerprint density at radius 2 is 1.83 bits per heavy atom. The van der Waals surface area contributed by atoms with Gasteiger partial charge in [0, 0.05) is 11.6 Å². The molecule has 0 atom stereocenters. The number of amides is 1. The summed E-state index contributed by atoms with van der Waals surface area (Å²) in [5.41, 5.74) is 1.13. The number of rotatable bonds is 5. The number of aromatic nitrogens is 3. The van der Waals surface area contributed by atoms with Crippen LogP contribution < -0.4 is 10.9 Å². The number of pyridine rings is 1. The minimum Gasteiger partial charge on any atom is -0.506 e. The van der Waals surface area contributed by atoms with E-state index >= 15 is 0 Å². The van der Waals surface area contributed by atoms with E-state index in [1.807, 2.05) is 30.3 Å². The molecule has 0 unspecified atom stereocenters. The summed E-state index contributed by atoms with van der Waals surface area (Å²) in [5.74, 6) is -1.06. The second kappa shape index (κ2) is 7.81. The highest BCUT2D eigenvalue weighted by Crippen LogP contribution is 2.25. The monoisotopic (exact) mass is 408 g/mol. The van der Waals surface area contributed by atoms with Crippen molar-refractivity contribution >= 4 is 28.5 Å². The molecule has 2 aromatic carbocycles. The molecule has 0 aliphatic heterocycles. The van der Waals surface area contributed by atoms with E-state index in [2.05, 4.69) is 15.4 Å². The molecule has 29 heavy (non-hydrogen) atoms. The van der Waals surface area contributed by atoms with E-state index in [0.29, 0.717) is 22.6 Å². The molecule has 0 fully saturated rings. The topological polar surface area (TPSA) is 100 Å². The van der Waals surface area contributed by atoms with E-state index in [4.69, 9.17) is 11.6 Å². The van der Waals surface area contributed by atoms with Crippen LogP contribution in [-0.2, 0) is 13.1 Å². The lowest BCUT2D eigenvalue weighted by molar-refractivity contribution is 0.0947. The fourth-order valence-corrected chi connectivity index (χ4v) is 3.19. The van der Waals surface area contributed by atoms with Gasteiger partial charge in [-0.3, -0.25) is 9.59 Å². The van der Waals surface area contributed by atoms with Crippen LogP contribution in [0.4, 0.5) is 0 Å². The lowest BCUT2D eigenvalue weighted by Gasteiger charge is -2.08. The molecule has 8 heteroatoms. The van der Waals surface area contributed by atoms with Crippen LogP contribution in [0.15, 0.2) is 65.6 Å². The highest BCUT2D eigenvalue weighted by Gasteiger charge is 2.21. The normalized spacial score (nSPS) is 10.9. The van der Waals surface area contributed by atoms with E-state index in [1.165, 1.54) is 6.20 Å². The highest BCUT2D eigenvalue weighted by atomic mass is 35.5. The van der Waals surface area contributed by atoms with E-state index in [-0.39, 0.29) is 12.1 Å². The summed E-state index contributed by atoms with van der Waals surface area (Å²) in [6, 6.07) is 16.5. The molecular formula is C21H17ClN4O3. The molecule has 0 aliphatic carbocycles. The van der Waals surface area contributed by atoms with Crippen molar-refractivity contribution in [1.82, 2.24) is 20.1 Å². The van der Waals surface area contributed by atoms with Crippen molar-refractivity contribution in [2.75, 3.05) is 0 Å². The number of nitrogens with zero attached hydrogens (tertiary/aromatic N) is 2. The average Bonchev–Trinajstić information content (AvgIpc) is 3.11. The quantitative estimate of drug-likeness (QED) is 0.472. The number of benzene rings is 2. The predicted octanol–water partition coefficient (Wildman–Crippen LogP) is 3.06. The lowest BCUT2D eigenvalue weighted by atomic mass is 10.1. The number of fused-ring (bicyclic) bond motifs is 1. The third kappa shape index (κ3) is 3.86. The molecule has 0 radical (unpaired) electrons. The maximum atomic E-state index is 12.5. The van der Waals surface area contributed by atoms with E-state index < -0.39 is 17.2 Å². The Morgan fingerprint density at radius 1 is 1.10 bits per heavy atom. The molecule has 7 nitrogen and oxygen atoms in total. The van der Waals surface area contributed by atoms with Crippen molar-refractivity contribution in [3.8, 4) is 5.75 Å². The molecule has 0 saturated carbocycles. The Bertz CT molecular complexity index is 1230. The molecule has 0 saturated heterocycles. The molecule has 1 amide bonds. The summed E-state index contributed by atoms with van der Waals surface area (Å²) >= 11 is 5.85. The predicted molar refractivity (Wildman–Crippen MR) is 110 cm³/mol. The van der Waals surface area contributed by atoms with E-state index in [9.17, 15) is 14.7 Å². The van der Waals surface area contributed by atoms with Crippen LogP contribution in [-0.4, -0.2) is 25.8 Å². The number of hydrogen-bond acceptors (Lipinski definition) is 4. The molecule has 4 rings (SSSR count). The number of H-pyrrole nitrogens is 1. The Hall–Kier alpha value is -3.58. The molecule has 4 aromatic rings. The van der Waals surface area contributed by atoms with Gasteiger partial charge in [-0.25, -0.2) is 4.68 Å². The Labute approximate surface area is 170 Å². The number of halogens is 1. The SMILES string of the molecule is O=C(NCc1ccc(Cl)cc1)c1c(O)c2cnn(Cc3ccccc3)c2[nH]c1=O. The summed E-state index contributed by atoms with van der Waals surface area (Å²) in [7, 11) is 0. The van der Waals surface area contributed by atoms with Gasteiger partial charge in [-0.2, -0.15) is 5.10 Å². The molecule has 2 aromatic heterocycles. The van der Waals surface area contributed by atoms with Gasteiger partial charge in [0.1, 0.15) is 17.0 Å². The zero-order chi connectivity index (χ0) is 20.4. The second-order valence-electron chi connectivity index (χ2n) is 6.54. The van der Waals surface area contributed by atoms with Crippen LogP contribution in [0.2, 0.25) is 5.02 Å². The minimum absolute atomic E-state index is 0.195. The average molecular weight is 409 g/mol. The number of nitrogens with one attached hydrogen (secondary N) is 2. The van der Waals surface area contributed by atoms with Crippen molar-refractivity contribution < 1.29 is 9.90 Å². The smallest absolute Gasteiger partial charge is 0.266 e. The van der Waals surface area contributed by atoms with Gasteiger partial charge in [0.2, 0.25) is 0 Å². The van der Waals surface area contributed by atoms with Gasteiger partial charge in [0.05, 0.1) is 18.1 Å². The van der Waals surface area contributed by atoms with Gasteiger partial charge in [0.15, 0.2) is 0 Å². The van der Waals surface area contributed by atoms with Crippen LogP contribution in [0.3, 0.4) is 0 Å². The third-order valence-electron chi connectivity index (χ3n) is 4.56. The molecule has 0 aliphatic rings. The summed E-state index contributed by atoms with van der Waals surface area (Å²) in [5, 5.41) is 18.3. The van der Waals surface area contributed by atoms with Crippen LogP contribution >= 0.6 is 11.6 Å². The lowest BCUT2D eigenvalue weighted by Crippen LogP contribution is -2.29. The van der Waals surface area contributed by atoms with E-state index in [1.54, 1.807) is 28.9 Å². The summed E-state index contributed by atoms with van der Waals surface area (Å²) < 4.78 is 1.57. The van der Waals surface area contributed by atoms with Gasteiger partial charge in [-0.05, 0) is 23.3 Å². The number of aromatic amines is 1. The van der Waals surface area contributed by atoms with Gasteiger partial charge in [-0.15, -0.1) is 0 Å². The van der Waals surface area contributed by atoms with Crippen molar-refractivity contribution in [2.45, 2.75) is 13.1 Å². The molecular weight excluding hydrogens is 392 g/mol. The first-order valence-corrected chi connectivity index (χ1v) is 9.28. The molecule has 146 valence electrons. The highest BCUT2D eigenvalue weighted by molar-refractivity contribution is 6.30. The number of aromatic hydroxyl groups is 1. The Kier molecular flexibility index (Phi) is 5.05. The number of carbonyl (C=O) groups is 1. The zero-order valence-electron chi connectivity index (χ0n) is 15.2. The molecule has 0 spiro atoms. The van der Waals surface area contributed by atoms with Gasteiger partial charge in [-0.1, -0.05) is 54.1 Å². The molecule has 3 N–H and O–H groups in total. The largest absolute Gasteiger partial charge is 0.506 e. The van der Waals surface area contributed by atoms with Gasteiger partial charge in [0.25, 0.3) is 11.5 Å². The maximum absolute atomic E-state index is 12.5. The molecule has 2 heterocycles. The van der Waals surface area contributed by atoms with Crippen LogP contribution in [0, 0.1) is 0 Å². The first-order valence-electron chi connectivity index (χ1n) is 8.90. The maximum Gasteiger partial charge on any atom is 0.266 e. The van der Waals surface area contributed by atoms with E-state index in [0.717, 1.165) is 11.1 Å². The van der Waals surface area contributed by atoms with Crippen molar-refractivity contribution in [1.29, 1.82) is 0 Å². The summed E-state index contributed by atoms with van der Waals surface area (Å²) in [4.78, 5) is 27.7. The molecule has 0 bridgehead atoms. The zero-order valence-corrected chi connectivity index (χ0v) is 16.0. The first-order chi connectivity index (χ1) is 14.0. The number of hydrogen-bond donors (Lipinski definition) is 3. The fourth-order valence-electron chi connectivity index (χ4n) is 3.06. The van der Waals surface area contributed by atoms with Crippen LogP contribution in [0.1, 0.15) is 21.5 Å². The van der Waals surface area contributed by atoms with Crippen molar-refractivity contribution in [3.63, 3.8) is 0 Å². The van der Waals surface area contributed by atoms with Crippen molar-refractivity contribution in [2.24, 2.45) is 0 Å². The van der Waals surface area contributed by atoms with Crippen LogP contribution in [0.5, 0.6) is 5.75 Å². The number of carbonyl (C=O) groups excluding carboxylic acids is 1. The fraction of sp³-hybridized carbons (Fsp3) is 0.0952. The van der Waals surface area contributed by atoms with Gasteiger partial charge >= 0.3 is 0 Å². The van der Waals surface area contributed by atoms with Gasteiger partial charge < -0.3 is 15.4 Å². The second-order valence-corrected chi connectivity index (χ2v) is 6.97.